The van der Waals surface area contributed by atoms with Crippen molar-refractivity contribution in [2.24, 2.45) is 5.92 Å². The van der Waals surface area contributed by atoms with Crippen LogP contribution in [0.15, 0.2) is 91.0 Å². The highest BCUT2D eigenvalue weighted by Gasteiger charge is 2.46. The number of aliphatic hydroxyl groups is 2. The molecule has 28 heavy (non-hydrogen) atoms. The van der Waals surface area contributed by atoms with Crippen molar-refractivity contribution in [2.45, 2.75) is 24.7 Å². The second-order valence-corrected chi connectivity index (χ2v) is 7.72. The first kappa shape index (κ1) is 18.9. The number of likely N-dealkylation sites (tertiary alicyclic amines) is 1. The molecule has 0 spiro atoms. The van der Waals surface area contributed by atoms with Crippen LogP contribution in [0.25, 0.3) is 0 Å². The Bertz CT molecular complexity index is 869. The van der Waals surface area contributed by atoms with E-state index in [0.717, 1.165) is 24.2 Å². The van der Waals surface area contributed by atoms with Gasteiger partial charge in [-0.25, -0.2) is 0 Å². The molecule has 4 rings (SSSR count). The Balaban J connectivity index is 1.64. The third kappa shape index (κ3) is 3.88. The molecule has 1 saturated heterocycles. The average molecular weight is 373 g/mol. The fourth-order valence-electron chi connectivity index (χ4n) is 4.35. The van der Waals surface area contributed by atoms with Gasteiger partial charge in [-0.2, -0.15) is 0 Å². The molecule has 0 aliphatic carbocycles. The minimum atomic E-state index is -1.05. The van der Waals surface area contributed by atoms with Crippen molar-refractivity contribution in [3.05, 3.63) is 108 Å². The lowest BCUT2D eigenvalue weighted by molar-refractivity contribution is -0.124. The molecule has 0 amide bonds. The molecule has 0 radical (unpaired) electrons. The fraction of sp³-hybridized carbons (Fsp3) is 0.280. The van der Waals surface area contributed by atoms with Gasteiger partial charge in [-0.05, 0) is 23.1 Å². The van der Waals surface area contributed by atoms with Gasteiger partial charge >= 0.3 is 0 Å². The molecule has 3 atom stereocenters. The highest BCUT2D eigenvalue weighted by molar-refractivity contribution is 5.28. The Morgan fingerprint density at radius 3 is 2.07 bits per heavy atom. The zero-order valence-electron chi connectivity index (χ0n) is 16.0. The lowest BCUT2D eigenvalue weighted by Crippen LogP contribution is -2.51. The first-order chi connectivity index (χ1) is 13.7. The van der Waals surface area contributed by atoms with Crippen LogP contribution in [-0.4, -0.2) is 28.2 Å². The first-order valence-electron chi connectivity index (χ1n) is 9.94. The molecule has 0 unspecified atom stereocenters. The molecular weight excluding hydrogens is 346 g/mol. The van der Waals surface area contributed by atoms with Crippen molar-refractivity contribution in [1.82, 2.24) is 4.90 Å². The molecule has 1 heterocycles. The number of piperidine rings is 1. The summed E-state index contributed by atoms with van der Waals surface area (Å²) in [6, 6.07) is 29.9. The maximum atomic E-state index is 11.7. The summed E-state index contributed by atoms with van der Waals surface area (Å²) in [5, 5.41) is 23.0. The predicted molar refractivity (Wildman–Crippen MR) is 112 cm³/mol. The smallest absolute Gasteiger partial charge is 0.0977 e. The van der Waals surface area contributed by atoms with Gasteiger partial charge in [-0.1, -0.05) is 91.0 Å². The Labute approximate surface area is 166 Å². The van der Waals surface area contributed by atoms with E-state index in [-0.39, 0.29) is 5.92 Å². The van der Waals surface area contributed by atoms with Gasteiger partial charge in [0.05, 0.1) is 11.7 Å². The van der Waals surface area contributed by atoms with Crippen LogP contribution in [0, 0.1) is 5.92 Å². The molecule has 1 aliphatic rings. The van der Waals surface area contributed by atoms with Crippen LogP contribution in [0.1, 0.15) is 29.2 Å². The van der Waals surface area contributed by atoms with E-state index in [1.54, 1.807) is 0 Å². The summed E-state index contributed by atoms with van der Waals surface area (Å²) in [5.41, 5.74) is 1.93. The predicted octanol–water partition coefficient (Wildman–Crippen LogP) is 4.13. The van der Waals surface area contributed by atoms with Crippen molar-refractivity contribution < 1.29 is 10.2 Å². The third-order valence-corrected chi connectivity index (χ3v) is 5.92. The van der Waals surface area contributed by atoms with Crippen LogP contribution in [0.2, 0.25) is 0 Å². The van der Waals surface area contributed by atoms with E-state index in [2.05, 4.69) is 29.2 Å². The van der Waals surface area contributed by atoms with Gasteiger partial charge in [0, 0.05) is 25.6 Å². The standard InChI is InChI=1S/C25H27NO2/c27-24(21-12-6-2-7-13-21)23-19-26(18-20-10-4-1-5-11-20)17-16-25(23,28)22-14-8-3-9-15-22/h1-15,23-24,27-28H,16-19H2/t23-,24+,25-/m0/s1. The number of benzene rings is 3. The van der Waals surface area contributed by atoms with E-state index >= 15 is 0 Å². The van der Waals surface area contributed by atoms with E-state index in [0.29, 0.717) is 13.0 Å². The van der Waals surface area contributed by atoms with Crippen molar-refractivity contribution in [1.29, 1.82) is 0 Å². The lowest BCUT2D eigenvalue weighted by atomic mass is 9.72. The van der Waals surface area contributed by atoms with Crippen LogP contribution >= 0.6 is 0 Å². The van der Waals surface area contributed by atoms with Crippen LogP contribution < -0.4 is 0 Å². The van der Waals surface area contributed by atoms with Crippen LogP contribution in [0.4, 0.5) is 0 Å². The van der Waals surface area contributed by atoms with Crippen LogP contribution in [0.5, 0.6) is 0 Å². The zero-order chi connectivity index (χ0) is 19.4. The van der Waals surface area contributed by atoms with Gasteiger partial charge in [-0.15, -0.1) is 0 Å². The first-order valence-corrected chi connectivity index (χ1v) is 9.94. The second kappa shape index (κ2) is 8.27. The molecular formula is C25H27NO2. The van der Waals surface area contributed by atoms with E-state index in [1.807, 2.05) is 66.7 Å². The number of hydrogen-bond donors (Lipinski definition) is 2. The molecule has 0 bridgehead atoms. The summed E-state index contributed by atoms with van der Waals surface area (Å²) in [6.07, 6.45) is -0.136. The van der Waals surface area contributed by atoms with E-state index in [1.165, 1.54) is 5.56 Å². The Morgan fingerprint density at radius 1 is 0.857 bits per heavy atom. The lowest BCUT2D eigenvalue weighted by Gasteiger charge is -2.47. The Kier molecular flexibility index (Phi) is 5.58. The second-order valence-electron chi connectivity index (χ2n) is 7.72. The zero-order valence-corrected chi connectivity index (χ0v) is 16.0. The molecule has 1 aliphatic heterocycles. The van der Waals surface area contributed by atoms with Crippen molar-refractivity contribution >= 4 is 0 Å². The molecule has 0 saturated carbocycles. The largest absolute Gasteiger partial charge is 0.388 e. The van der Waals surface area contributed by atoms with E-state index < -0.39 is 11.7 Å². The molecule has 3 heteroatoms. The summed E-state index contributed by atoms with van der Waals surface area (Å²) in [7, 11) is 0. The maximum absolute atomic E-state index is 11.7. The number of rotatable bonds is 5. The highest BCUT2D eigenvalue weighted by atomic mass is 16.3. The van der Waals surface area contributed by atoms with Crippen LogP contribution in [0.3, 0.4) is 0 Å². The summed E-state index contributed by atoms with van der Waals surface area (Å²) in [6.45, 7) is 2.25. The molecule has 3 nitrogen and oxygen atoms in total. The molecule has 3 aromatic rings. The molecule has 3 aromatic carbocycles. The molecule has 144 valence electrons. The number of hydrogen-bond acceptors (Lipinski definition) is 3. The van der Waals surface area contributed by atoms with Crippen molar-refractivity contribution in [2.75, 3.05) is 13.1 Å². The SMILES string of the molecule is O[C@H](c1ccccc1)[C@@H]1CN(Cc2ccccc2)CC[C@]1(O)c1ccccc1. The van der Waals surface area contributed by atoms with Gasteiger partial charge in [0.15, 0.2) is 0 Å². The van der Waals surface area contributed by atoms with Crippen molar-refractivity contribution in [3.8, 4) is 0 Å². The van der Waals surface area contributed by atoms with Gasteiger partial charge in [0.2, 0.25) is 0 Å². The fourth-order valence-corrected chi connectivity index (χ4v) is 4.35. The highest BCUT2D eigenvalue weighted by Crippen LogP contribution is 2.44. The molecule has 1 fully saturated rings. The molecule has 2 N–H and O–H groups in total. The minimum Gasteiger partial charge on any atom is -0.388 e. The van der Waals surface area contributed by atoms with E-state index in [9.17, 15) is 10.2 Å². The minimum absolute atomic E-state index is 0.310. The summed E-state index contributed by atoms with van der Waals surface area (Å²) >= 11 is 0. The number of aliphatic hydroxyl groups excluding tert-OH is 1. The van der Waals surface area contributed by atoms with Crippen LogP contribution in [-0.2, 0) is 12.1 Å². The quantitative estimate of drug-likeness (QED) is 0.707. The van der Waals surface area contributed by atoms with Gasteiger partial charge in [-0.3, -0.25) is 4.90 Å². The van der Waals surface area contributed by atoms with Gasteiger partial charge < -0.3 is 10.2 Å². The summed E-state index contributed by atoms with van der Waals surface area (Å²) in [4.78, 5) is 2.34. The molecule has 0 aromatic heterocycles. The topological polar surface area (TPSA) is 43.7 Å². The van der Waals surface area contributed by atoms with Crippen molar-refractivity contribution in [3.63, 3.8) is 0 Å². The van der Waals surface area contributed by atoms with Gasteiger partial charge in [0.1, 0.15) is 0 Å². The summed E-state index contributed by atoms with van der Waals surface area (Å²) in [5.74, 6) is -0.310. The number of nitrogens with zero attached hydrogens (tertiary/aromatic N) is 1. The average Bonchev–Trinajstić information content (AvgIpc) is 2.77. The van der Waals surface area contributed by atoms with E-state index in [4.69, 9.17) is 0 Å². The van der Waals surface area contributed by atoms with Gasteiger partial charge in [0.25, 0.3) is 0 Å². The summed E-state index contributed by atoms with van der Waals surface area (Å²) < 4.78 is 0. The Morgan fingerprint density at radius 2 is 1.43 bits per heavy atom. The normalized spacial score (nSPS) is 24.0. The monoisotopic (exact) mass is 373 g/mol. The third-order valence-electron chi connectivity index (χ3n) is 5.92. The Hall–Kier alpha value is -2.46. The maximum Gasteiger partial charge on any atom is 0.0977 e.